The standard InChI is InChI=1S/C15H15ClN2O3/c16-15-9(13-7-12(20)14(8-19)21-13)4-5-11(18-15)10-3-1-2-6-17-10/h1-6,12-14,19-20H,7-8H2/t12-,13+,14+/m0/s1. The lowest BCUT2D eigenvalue weighted by atomic mass is 10.1. The molecule has 0 aromatic carbocycles. The van der Waals surface area contributed by atoms with Crippen LogP contribution in [-0.2, 0) is 4.74 Å². The Kier molecular flexibility index (Phi) is 4.17. The van der Waals surface area contributed by atoms with Crippen molar-refractivity contribution < 1.29 is 14.9 Å². The zero-order chi connectivity index (χ0) is 14.8. The molecular weight excluding hydrogens is 292 g/mol. The fourth-order valence-electron chi connectivity index (χ4n) is 2.44. The van der Waals surface area contributed by atoms with E-state index in [2.05, 4.69) is 9.97 Å². The molecule has 3 atom stereocenters. The molecule has 0 unspecified atom stereocenters. The SMILES string of the molecule is OC[C@H]1O[C@@H](c2ccc(-c3ccccn3)nc2Cl)C[C@@H]1O. The maximum Gasteiger partial charge on any atom is 0.135 e. The summed E-state index contributed by atoms with van der Waals surface area (Å²) >= 11 is 6.23. The number of rotatable bonds is 3. The third-order valence-electron chi connectivity index (χ3n) is 3.56. The molecule has 110 valence electrons. The third-order valence-corrected chi connectivity index (χ3v) is 3.86. The molecule has 0 spiro atoms. The second kappa shape index (κ2) is 6.07. The molecule has 6 heteroatoms. The quantitative estimate of drug-likeness (QED) is 0.848. The van der Waals surface area contributed by atoms with Crippen LogP contribution in [0.15, 0.2) is 36.5 Å². The molecule has 1 aliphatic heterocycles. The Balaban J connectivity index is 1.86. The topological polar surface area (TPSA) is 75.5 Å². The summed E-state index contributed by atoms with van der Waals surface area (Å²) in [5.41, 5.74) is 2.14. The largest absolute Gasteiger partial charge is 0.394 e. The van der Waals surface area contributed by atoms with Crippen LogP contribution in [0.25, 0.3) is 11.4 Å². The third kappa shape index (κ3) is 2.91. The van der Waals surface area contributed by atoms with Crippen LogP contribution in [0.5, 0.6) is 0 Å². The molecular formula is C15H15ClN2O3. The van der Waals surface area contributed by atoms with Gasteiger partial charge in [-0.2, -0.15) is 0 Å². The first-order valence-corrected chi connectivity index (χ1v) is 7.09. The average molecular weight is 307 g/mol. The van der Waals surface area contributed by atoms with Crippen LogP contribution < -0.4 is 0 Å². The van der Waals surface area contributed by atoms with E-state index in [4.69, 9.17) is 21.4 Å². The lowest BCUT2D eigenvalue weighted by Gasteiger charge is -2.13. The minimum absolute atomic E-state index is 0.214. The van der Waals surface area contributed by atoms with Crippen LogP contribution in [0.1, 0.15) is 18.1 Å². The van der Waals surface area contributed by atoms with Gasteiger partial charge in [0.15, 0.2) is 0 Å². The second-order valence-corrected chi connectivity index (χ2v) is 5.30. The van der Waals surface area contributed by atoms with Crippen molar-refractivity contribution in [1.29, 1.82) is 0 Å². The number of nitrogens with zero attached hydrogens (tertiary/aromatic N) is 2. The minimum Gasteiger partial charge on any atom is -0.394 e. The van der Waals surface area contributed by atoms with Gasteiger partial charge in [0.1, 0.15) is 11.3 Å². The van der Waals surface area contributed by atoms with Gasteiger partial charge in [-0.15, -0.1) is 0 Å². The number of halogens is 1. The van der Waals surface area contributed by atoms with Crippen LogP contribution >= 0.6 is 11.6 Å². The summed E-state index contributed by atoms with van der Waals surface area (Å²) in [7, 11) is 0. The molecule has 2 aromatic rings. The molecule has 3 rings (SSSR count). The van der Waals surface area contributed by atoms with Crippen LogP contribution in [0.4, 0.5) is 0 Å². The van der Waals surface area contributed by atoms with Gasteiger partial charge in [0, 0.05) is 18.2 Å². The molecule has 3 heterocycles. The van der Waals surface area contributed by atoms with Gasteiger partial charge < -0.3 is 14.9 Å². The van der Waals surface area contributed by atoms with E-state index in [0.29, 0.717) is 22.8 Å². The number of aliphatic hydroxyl groups is 2. The van der Waals surface area contributed by atoms with E-state index in [1.54, 1.807) is 6.20 Å². The Bertz CT molecular complexity index is 624. The van der Waals surface area contributed by atoms with Crippen LogP contribution in [0.3, 0.4) is 0 Å². The van der Waals surface area contributed by atoms with Gasteiger partial charge in [-0.25, -0.2) is 4.98 Å². The summed E-state index contributed by atoms with van der Waals surface area (Å²) < 4.78 is 5.60. The highest BCUT2D eigenvalue weighted by atomic mass is 35.5. The Labute approximate surface area is 127 Å². The molecule has 0 saturated carbocycles. The number of hydrogen-bond donors (Lipinski definition) is 2. The van der Waals surface area contributed by atoms with Crippen molar-refractivity contribution in [2.75, 3.05) is 6.61 Å². The monoisotopic (exact) mass is 306 g/mol. The zero-order valence-electron chi connectivity index (χ0n) is 11.2. The first-order valence-electron chi connectivity index (χ1n) is 6.71. The Hall–Kier alpha value is -1.53. The molecule has 0 aliphatic carbocycles. The van der Waals surface area contributed by atoms with E-state index in [-0.39, 0.29) is 12.7 Å². The molecule has 0 bridgehead atoms. The fourth-order valence-corrected chi connectivity index (χ4v) is 2.71. The molecule has 2 N–H and O–H groups in total. The van der Waals surface area contributed by atoms with Gasteiger partial charge in [-0.05, 0) is 18.2 Å². The maximum absolute atomic E-state index is 9.79. The van der Waals surface area contributed by atoms with E-state index >= 15 is 0 Å². The summed E-state index contributed by atoms with van der Waals surface area (Å²) in [5.74, 6) is 0. The van der Waals surface area contributed by atoms with E-state index in [0.717, 1.165) is 5.69 Å². The smallest absolute Gasteiger partial charge is 0.135 e. The normalized spacial score (nSPS) is 25.2. The van der Waals surface area contributed by atoms with Crippen LogP contribution in [0.2, 0.25) is 5.15 Å². The van der Waals surface area contributed by atoms with Gasteiger partial charge in [0.05, 0.1) is 30.2 Å². The lowest BCUT2D eigenvalue weighted by molar-refractivity contribution is -0.0226. The first-order chi connectivity index (χ1) is 10.2. The van der Waals surface area contributed by atoms with Gasteiger partial charge in [0.2, 0.25) is 0 Å². The van der Waals surface area contributed by atoms with Crippen LogP contribution in [-0.4, -0.2) is 39.0 Å². The average Bonchev–Trinajstić information content (AvgIpc) is 2.89. The molecule has 2 aromatic heterocycles. The maximum atomic E-state index is 9.79. The summed E-state index contributed by atoms with van der Waals surface area (Å²) in [5, 5.41) is 19.2. The molecule has 0 radical (unpaired) electrons. The Morgan fingerprint density at radius 2 is 2.10 bits per heavy atom. The number of hydrogen-bond acceptors (Lipinski definition) is 5. The van der Waals surface area contributed by atoms with E-state index in [9.17, 15) is 5.11 Å². The predicted molar refractivity (Wildman–Crippen MR) is 77.8 cm³/mol. The van der Waals surface area contributed by atoms with Crippen molar-refractivity contribution in [3.05, 3.63) is 47.2 Å². The molecule has 1 aliphatic rings. The molecule has 1 saturated heterocycles. The lowest BCUT2D eigenvalue weighted by Crippen LogP contribution is -2.24. The van der Waals surface area contributed by atoms with Crippen molar-refractivity contribution >= 4 is 11.6 Å². The fraction of sp³-hybridized carbons (Fsp3) is 0.333. The Morgan fingerprint density at radius 1 is 1.24 bits per heavy atom. The Morgan fingerprint density at radius 3 is 2.71 bits per heavy atom. The van der Waals surface area contributed by atoms with Gasteiger partial charge in [0.25, 0.3) is 0 Å². The highest BCUT2D eigenvalue weighted by Crippen LogP contribution is 2.36. The van der Waals surface area contributed by atoms with Crippen LogP contribution in [0, 0.1) is 0 Å². The summed E-state index contributed by atoms with van der Waals surface area (Å²) in [6.07, 6.45) is 0.486. The van der Waals surface area contributed by atoms with Crippen molar-refractivity contribution in [1.82, 2.24) is 9.97 Å². The van der Waals surface area contributed by atoms with Crippen molar-refractivity contribution in [2.45, 2.75) is 24.7 Å². The molecule has 5 nitrogen and oxygen atoms in total. The number of ether oxygens (including phenoxy) is 1. The first kappa shape index (κ1) is 14.4. The number of aliphatic hydroxyl groups excluding tert-OH is 2. The molecule has 21 heavy (non-hydrogen) atoms. The predicted octanol–water partition coefficient (Wildman–Crippen LogP) is 1.98. The molecule has 1 fully saturated rings. The number of aromatic nitrogens is 2. The number of pyridine rings is 2. The van der Waals surface area contributed by atoms with E-state index in [1.165, 1.54) is 0 Å². The second-order valence-electron chi connectivity index (χ2n) is 4.94. The zero-order valence-corrected chi connectivity index (χ0v) is 11.9. The van der Waals surface area contributed by atoms with Crippen molar-refractivity contribution in [3.63, 3.8) is 0 Å². The van der Waals surface area contributed by atoms with Crippen molar-refractivity contribution in [2.24, 2.45) is 0 Å². The van der Waals surface area contributed by atoms with Gasteiger partial charge in [-0.1, -0.05) is 23.7 Å². The van der Waals surface area contributed by atoms with Crippen molar-refractivity contribution in [3.8, 4) is 11.4 Å². The minimum atomic E-state index is -0.688. The van der Waals surface area contributed by atoms with E-state index in [1.807, 2.05) is 30.3 Å². The summed E-state index contributed by atoms with van der Waals surface area (Å²) in [6, 6.07) is 9.23. The van der Waals surface area contributed by atoms with E-state index < -0.39 is 12.2 Å². The highest BCUT2D eigenvalue weighted by Gasteiger charge is 2.35. The summed E-state index contributed by atoms with van der Waals surface area (Å²) in [6.45, 7) is -0.214. The molecule has 0 amide bonds. The van der Waals surface area contributed by atoms with Gasteiger partial charge in [-0.3, -0.25) is 4.98 Å². The highest BCUT2D eigenvalue weighted by molar-refractivity contribution is 6.30. The summed E-state index contributed by atoms with van der Waals surface area (Å²) in [4.78, 5) is 8.57. The van der Waals surface area contributed by atoms with Gasteiger partial charge >= 0.3 is 0 Å².